The van der Waals surface area contributed by atoms with Crippen LogP contribution in [0.4, 0.5) is 25.8 Å². The third-order valence-electron chi connectivity index (χ3n) is 2.60. The van der Waals surface area contributed by atoms with Gasteiger partial charge in [-0.1, -0.05) is 0 Å². The first-order valence-corrected chi connectivity index (χ1v) is 6.32. The number of nitro groups is 1. The molecule has 0 saturated heterocycles. The van der Waals surface area contributed by atoms with Crippen LogP contribution < -0.4 is 5.32 Å². The van der Waals surface area contributed by atoms with Crippen molar-refractivity contribution in [2.24, 2.45) is 0 Å². The molecule has 8 heteroatoms. The monoisotopic (exact) mass is 353 g/mol. The Hall–Kier alpha value is -2.53. The Balaban J connectivity index is 2.39. The van der Waals surface area contributed by atoms with Gasteiger partial charge in [-0.3, -0.25) is 10.1 Å². The van der Waals surface area contributed by atoms with Crippen LogP contribution in [0.3, 0.4) is 0 Å². The van der Waals surface area contributed by atoms with E-state index in [0.29, 0.717) is 6.07 Å². The molecule has 0 unspecified atom stereocenters. The summed E-state index contributed by atoms with van der Waals surface area (Å²) in [5, 5.41) is 22.2. The molecule has 0 bridgehead atoms. The molecule has 106 valence electrons. The number of hydrogen-bond donors (Lipinski definition) is 1. The minimum absolute atomic E-state index is 0.0268. The Morgan fingerprint density at radius 3 is 2.57 bits per heavy atom. The number of anilines is 2. The average molecular weight is 354 g/mol. The molecule has 5 nitrogen and oxygen atoms in total. The molecule has 0 radical (unpaired) electrons. The van der Waals surface area contributed by atoms with Gasteiger partial charge in [0.2, 0.25) is 0 Å². The van der Waals surface area contributed by atoms with Crippen LogP contribution in [0.15, 0.2) is 34.8 Å². The van der Waals surface area contributed by atoms with Crippen LogP contribution in [0.5, 0.6) is 0 Å². The van der Waals surface area contributed by atoms with Gasteiger partial charge in [0.25, 0.3) is 5.69 Å². The van der Waals surface area contributed by atoms with Gasteiger partial charge in [-0.2, -0.15) is 5.26 Å². The van der Waals surface area contributed by atoms with Crippen LogP contribution in [0.1, 0.15) is 5.56 Å². The van der Waals surface area contributed by atoms with Crippen molar-refractivity contribution < 1.29 is 13.7 Å². The van der Waals surface area contributed by atoms with E-state index in [9.17, 15) is 18.9 Å². The number of nitro benzene ring substituents is 1. The largest absolute Gasteiger partial charge is 0.353 e. The van der Waals surface area contributed by atoms with Gasteiger partial charge < -0.3 is 5.32 Å². The van der Waals surface area contributed by atoms with Gasteiger partial charge in [-0.15, -0.1) is 0 Å². The van der Waals surface area contributed by atoms with E-state index in [1.165, 1.54) is 18.2 Å². The van der Waals surface area contributed by atoms with Crippen LogP contribution in [0.2, 0.25) is 0 Å². The zero-order valence-electron chi connectivity index (χ0n) is 10.2. The molecule has 0 heterocycles. The van der Waals surface area contributed by atoms with Gasteiger partial charge in [-0.05, 0) is 34.1 Å². The van der Waals surface area contributed by atoms with E-state index in [0.717, 1.165) is 6.07 Å². The fourth-order valence-electron chi connectivity index (χ4n) is 1.64. The highest BCUT2D eigenvalue weighted by atomic mass is 79.9. The highest BCUT2D eigenvalue weighted by Gasteiger charge is 2.15. The van der Waals surface area contributed by atoms with Crippen LogP contribution in [0, 0.1) is 33.1 Å². The molecule has 2 rings (SSSR count). The molecular formula is C13H6BrF2N3O2. The Kier molecular flexibility index (Phi) is 4.14. The predicted octanol–water partition coefficient (Wildman–Crippen LogP) is 4.25. The summed E-state index contributed by atoms with van der Waals surface area (Å²) in [6.45, 7) is 0. The molecule has 2 aromatic carbocycles. The quantitative estimate of drug-likeness (QED) is 0.508. The molecule has 0 aromatic heterocycles. The number of nitrogens with one attached hydrogen (secondary N) is 1. The number of halogens is 3. The average Bonchev–Trinajstić information content (AvgIpc) is 2.44. The van der Waals surface area contributed by atoms with E-state index < -0.39 is 16.6 Å². The molecule has 21 heavy (non-hydrogen) atoms. The number of benzene rings is 2. The van der Waals surface area contributed by atoms with Gasteiger partial charge in [0.05, 0.1) is 15.1 Å². The van der Waals surface area contributed by atoms with Crippen LogP contribution in [-0.4, -0.2) is 4.92 Å². The van der Waals surface area contributed by atoms with Crippen molar-refractivity contribution in [3.05, 3.63) is 62.1 Å². The molecule has 1 N–H and O–H groups in total. The molecule has 0 saturated carbocycles. The van der Waals surface area contributed by atoms with Crippen molar-refractivity contribution in [1.82, 2.24) is 0 Å². The van der Waals surface area contributed by atoms with E-state index in [4.69, 9.17) is 5.26 Å². The second-order valence-electron chi connectivity index (χ2n) is 3.97. The van der Waals surface area contributed by atoms with Crippen molar-refractivity contribution in [3.8, 4) is 6.07 Å². The van der Waals surface area contributed by atoms with Crippen LogP contribution in [-0.2, 0) is 0 Å². The van der Waals surface area contributed by atoms with Crippen molar-refractivity contribution in [1.29, 1.82) is 5.26 Å². The van der Waals surface area contributed by atoms with Crippen molar-refractivity contribution in [2.45, 2.75) is 0 Å². The third kappa shape index (κ3) is 3.14. The van der Waals surface area contributed by atoms with Gasteiger partial charge in [0.15, 0.2) is 0 Å². The Morgan fingerprint density at radius 1 is 1.24 bits per heavy atom. The van der Waals surface area contributed by atoms with E-state index in [1.807, 2.05) is 0 Å². The summed E-state index contributed by atoms with van der Waals surface area (Å²) in [5.41, 5.74) is -0.258. The highest BCUT2D eigenvalue weighted by molar-refractivity contribution is 9.10. The van der Waals surface area contributed by atoms with Crippen LogP contribution in [0.25, 0.3) is 0 Å². The zero-order chi connectivity index (χ0) is 15.6. The van der Waals surface area contributed by atoms with Gasteiger partial charge in [-0.25, -0.2) is 8.78 Å². The molecule has 0 aliphatic heterocycles. The molecule has 0 spiro atoms. The van der Waals surface area contributed by atoms with E-state index in [2.05, 4.69) is 21.2 Å². The summed E-state index contributed by atoms with van der Waals surface area (Å²) < 4.78 is 26.8. The summed E-state index contributed by atoms with van der Waals surface area (Å²) in [5.74, 6) is -1.58. The standard InChI is InChI=1S/C13H6BrF2N3O2/c14-9-4-12(11(16)5-10(9)15)18-8-1-2-13(19(20)21)7(3-8)6-17/h1-5,18H. The number of nitriles is 1. The second-order valence-corrected chi connectivity index (χ2v) is 4.83. The summed E-state index contributed by atoms with van der Waals surface area (Å²) in [7, 11) is 0. The second kappa shape index (κ2) is 5.85. The molecule has 0 atom stereocenters. The SMILES string of the molecule is N#Cc1cc(Nc2cc(Br)c(F)cc2F)ccc1[N+](=O)[O-]. The van der Waals surface area contributed by atoms with E-state index in [-0.39, 0.29) is 27.1 Å². The van der Waals surface area contributed by atoms with Gasteiger partial charge in [0, 0.05) is 17.8 Å². The van der Waals surface area contributed by atoms with E-state index in [1.54, 1.807) is 6.07 Å². The van der Waals surface area contributed by atoms with Gasteiger partial charge in [0.1, 0.15) is 23.3 Å². The maximum atomic E-state index is 13.6. The third-order valence-corrected chi connectivity index (χ3v) is 3.21. The minimum Gasteiger partial charge on any atom is -0.353 e. The number of rotatable bonds is 3. The lowest BCUT2D eigenvalue weighted by Gasteiger charge is -2.09. The summed E-state index contributed by atoms with van der Waals surface area (Å²) >= 11 is 2.93. The number of hydrogen-bond acceptors (Lipinski definition) is 4. The van der Waals surface area contributed by atoms with Crippen LogP contribution >= 0.6 is 15.9 Å². The van der Waals surface area contributed by atoms with Crippen molar-refractivity contribution in [3.63, 3.8) is 0 Å². The minimum atomic E-state index is -0.826. The normalized spacial score (nSPS) is 10.0. The molecule has 0 fully saturated rings. The predicted molar refractivity (Wildman–Crippen MR) is 75.2 cm³/mol. The molecule has 0 amide bonds. The molecule has 2 aromatic rings. The lowest BCUT2D eigenvalue weighted by molar-refractivity contribution is -0.385. The summed E-state index contributed by atoms with van der Waals surface area (Å²) in [6, 6.07) is 7.27. The smallest absolute Gasteiger partial charge is 0.287 e. The Labute approximate surface area is 126 Å². The zero-order valence-corrected chi connectivity index (χ0v) is 11.8. The first-order valence-electron chi connectivity index (χ1n) is 5.52. The van der Waals surface area contributed by atoms with E-state index >= 15 is 0 Å². The summed E-state index contributed by atoms with van der Waals surface area (Å²) in [4.78, 5) is 10.0. The molecule has 0 aliphatic rings. The maximum absolute atomic E-state index is 13.6. The summed E-state index contributed by atoms with van der Waals surface area (Å²) in [6.07, 6.45) is 0. The molecule has 0 aliphatic carbocycles. The van der Waals surface area contributed by atoms with Crippen molar-refractivity contribution >= 4 is 33.0 Å². The lowest BCUT2D eigenvalue weighted by atomic mass is 10.1. The number of nitrogens with zero attached hydrogens (tertiary/aromatic N) is 2. The lowest BCUT2D eigenvalue weighted by Crippen LogP contribution is -1.98. The van der Waals surface area contributed by atoms with Crippen molar-refractivity contribution in [2.75, 3.05) is 5.32 Å². The Bertz CT molecular complexity index is 775. The van der Waals surface area contributed by atoms with Gasteiger partial charge >= 0.3 is 0 Å². The topological polar surface area (TPSA) is 79.0 Å². The highest BCUT2D eigenvalue weighted by Crippen LogP contribution is 2.28. The first-order chi connectivity index (χ1) is 9.92. The fourth-order valence-corrected chi connectivity index (χ4v) is 1.98. The maximum Gasteiger partial charge on any atom is 0.287 e. The first kappa shape index (κ1) is 14.9. The molecular weight excluding hydrogens is 348 g/mol. The fraction of sp³-hybridized carbons (Fsp3) is 0. The Morgan fingerprint density at radius 2 is 1.95 bits per heavy atom.